The molecule has 0 unspecified atom stereocenters. The number of hydrogen-bond donors (Lipinski definition) is 0. The zero-order chi connectivity index (χ0) is 10.0. The van der Waals surface area contributed by atoms with Crippen LogP contribution in [0.15, 0.2) is 0 Å². The highest BCUT2D eigenvalue weighted by molar-refractivity contribution is 5.83. The van der Waals surface area contributed by atoms with Gasteiger partial charge in [0, 0.05) is 25.0 Å². The smallest absolute Gasteiger partial charge is 0.137 e. The molecule has 1 aliphatic carbocycles. The van der Waals surface area contributed by atoms with Gasteiger partial charge in [0.15, 0.2) is 0 Å². The molecular formula is C11H19NO2. The Labute approximate surface area is 85.4 Å². The minimum absolute atomic E-state index is 0.0113. The van der Waals surface area contributed by atoms with Crippen LogP contribution in [0.1, 0.15) is 26.2 Å². The van der Waals surface area contributed by atoms with Crippen LogP contribution in [0.4, 0.5) is 0 Å². The van der Waals surface area contributed by atoms with Crippen molar-refractivity contribution in [2.75, 3.05) is 32.8 Å². The fraction of sp³-hybridized carbons (Fsp3) is 0.909. The minimum Gasteiger partial charge on any atom is -0.379 e. The number of morpholine rings is 1. The summed E-state index contributed by atoms with van der Waals surface area (Å²) in [5.41, 5.74) is 0.0113. The molecule has 0 aromatic rings. The monoisotopic (exact) mass is 197 g/mol. The van der Waals surface area contributed by atoms with Crippen molar-refractivity contribution >= 4 is 5.78 Å². The van der Waals surface area contributed by atoms with E-state index in [1.54, 1.807) is 6.92 Å². The van der Waals surface area contributed by atoms with E-state index < -0.39 is 0 Å². The SMILES string of the molecule is CC(=O)C1(CN2CCOCC2)CCC1. The molecule has 2 rings (SSSR count). The molecule has 14 heavy (non-hydrogen) atoms. The van der Waals surface area contributed by atoms with Crippen LogP contribution in [0.25, 0.3) is 0 Å². The number of hydrogen-bond acceptors (Lipinski definition) is 3. The third-order valence-electron chi connectivity index (χ3n) is 3.69. The second-order valence-electron chi connectivity index (χ2n) is 4.58. The third-order valence-corrected chi connectivity index (χ3v) is 3.69. The van der Waals surface area contributed by atoms with E-state index >= 15 is 0 Å². The van der Waals surface area contributed by atoms with Gasteiger partial charge in [-0.15, -0.1) is 0 Å². The fourth-order valence-electron chi connectivity index (χ4n) is 2.41. The summed E-state index contributed by atoms with van der Waals surface area (Å²) in [4.78, 5) is 13.9. The molecule has 2 fully saturated rings. The molecule has 1 heterocycles. The van der Waals surface area contributed by atoms with Gasteiger partial charge in [-0.1, -0.05) is 6.42 Å². The van der Waals surface area contributed by atoms with Crippen LogP contribution in [0.5, 0.6) is 0 Å². The topological polar surface area (TPSA) is 29.5 Å². The zero-order valence-electron chi connectivity index (χ0n) is 8.92. The highest BCUT2D eigenvalue weighted by Gasteiger charge is 2.42. The Morgan fingerprint density at radius 3 is 2.43 bits per heavy atom. The lowest BCUT2D eigenvalue weighted by atomic mass is 9.66. The maximum atomic E-state index is 11.6. The predicted octanol–water partition coefficient (Wildman–Crippen LogP) is 1.08. The van der Waals surface area contributed by atoms with Crippen molar-refractivity contribution in [2.45, 2.75) is 26.2 Å². The number of nitrogens with zero attached hydrogens (tertiary/aromatic N) is 1. The Morgan fingerprint density at radius 2 is 2.00 bits per heavy atom. The molecule has 0 amide bonds. The van der Waals surface area contributed by atoms with Gasteiger partial charge >= 0.3 is 0 Å². The van der Waals surface area contributed by atoms with Crippen molar-refractivity contribution in [3.05, 3.63) is 0 Å². The highest BCUT2D eigenvalue weighted by atomic mass is 16.5. The molecule has 0 spiro atoms. The van der Waals surface area contributed by atoms with Gasteiger partial charge in [-0.25, -0.2) is 0 Å². The molecule has 0 bridgehead atoms. The molecule has 3 heteroatoms. The Bertz CT molecular complexity index is 217. The van der Waals surface area contributed by atoms with Gasteiger partial charge in [0.25, 0.3) is 0 Å². The van der Waals surface area contributed by atoms with Gasteiger partial charge in [0.05, 0.1) is 13.2 Å². The number of Topliss-reactive ketones (excluding diaryl/α,β-unsaturated/α-hetero) is 1. The van der Waals surface area contributed by atoms with Crippen molar-refractivity contribution in [3.63, 3.8) is 0 Å². The molecule has 1 aliphatic heterocycles. The van der Waals surface area contributed by atoms with Gasteiger partial charge in [0.2, 0.25) is 0 Å². The molecule has 0 aromatic carbocycles. The van der Waals surface area contributed by atoms with Gasteiger partial charge < -0.3 is 4.74 Å². The van der Waals surface area contributed by atoms with Crippen molar-refractivity contribution in [2.24, 2.45) is 5.41 Å². The lowest BCUT2D eigenvalue weighted by Gasteiger charge is -2.44. The summed E-state index contributed by atoms with van der Waals surface area (Å²) in [7, 11) is 0. The lowest BCUT2D eigenvalue weighted by molar-refractivity contribution is -0.134. The average molecular weight is 197 g/mol. The van der Waals surface area contributed by atoms with E-state index in [9.17, 15) is 4.79 Å². The van der Waals surface area contributed by atoms with E-state index in [1.165, 1.54) is 6.42 Å². The Morgan fingerprint density at radius 1 is 1.36 bits per heavy atom. The van der Waals surface area contributed by atoms with Gasteiger partial charge in [-0.2, -0.15) is 0 Å². The summed E-state index contributed by atoms with van der Waals surface area (Å²) in [5.74, 6) is 0.384. The molecule has 0 N–H and O–H groups in total. The fourth-order valence-corrected chi connectivity index (χ4v) is 2.41. The standard InChI is InChI=1S/C11H19NO2/c1-10(13)11(3-2-4-11)9-12-5-7-14-8-6-12/h2-9H2,1H3. The Kier molecular flexibility index (Phi) is 2.88. The molecule has 1 saturated carbocycles. The largest absolute Gasteiger partial charge is 0.379 e. The molecule has 1 saturated heterocycles. The first-order chi connectivity index (χ1) is 6.73. The van der Waals surface area contributed by atoms with Crippen LogP contribution in [-0.4, -0.2) is 43.5 Å². The van der Waals surface area contributed by atoms with E-state index in [2.05, 4.69) is 4.90 Å². The van der Waals surface area contributed by atoms with Crippen LogP contribution in [0.2, 0.25) is 0 Å². The summed E-state index contributed by atoms with van der Waals surface area (Å²) in [6, 6.07) is 0. The van der Waals surface area contributed by atoms with Crippen LogP contribution < -0.4 is 0 Å². The number of ether oxygens (including phenoxy) is 1. The van der Waals surface area contributed by atoms with Crippen molar-refractivity contribution in [1.29, 1.82) is 0 Å². The van der Waals surface area contributed by atoms with Crippen molar-refractivity contribution in [3.8, 4) is 0 Å². The van der Waals surface area contributed by atoms with E-state index in [0.717, 1.165) is 45.7 Å². The molecule has 3 nitrogen and oxygen atoms in total. The van der Waals surface area contributed by atoms with Gasteiger partial charge in [-0.05, 0) is 19.8 Å². The molecule has 0 atom stereocenters. The second-order valence-corrected chi connectivity index (χ2v) is 4.58. The number of ketones is 1. The molecule has 80 valence electrons. The minimum atomic E-state index is 0.0113. The van der Waals surface area contributed by atoms with Crippen LogP contribution in [-0.2, 0) is 9.53 Å². The first-order valence-corrected chi connectivity index (χ1v) is 5.54. The number of rotatable bonds is 3. The summed E-state index contributed by atoms with van der Waals surface area (Å²) in [6.45, 7) is 6.36. The van der Waals surface area contributed by atoms with E-state index in [4.69, 9.17) is 4.74 Å². The van der Waals surface area contributed by atoms with Crippen molar-refractivity contribution in [1.82, 2.24) is 4.90 Å². The molecule has 0 radical (unpaired) electrons. The van der Waals surface area contributed by atoms with Crippen LogP contribution in [0, 0.1) is 5.41 Å². The summed E-state index contributed by atoms with van der Waals surface area (Å²) >= 11 is 0. The van der Waals surface area contributed by atoms with Crippen LogP contribution >= 0.6 is 0 Å². The van der Waals surface area contributed by atoms with Gasteiger partial charge in [0.1, 0.15) is 5.78 Å². The second kappa shape index (κ2) is 3.99. The Hall–Kier alpha value is -0.410. The number of carbonyl (C=O) groups excluding carboxylic acids is 1. The third kappa shape index (κ3) is 1.84. The van der Waals surface area contributed by atoms with E-state index in [1.807, 2.05) is 0 Å². The van der Waals surface area contributed by atoms with Crippen LogP contribution in [0.3, 0.4) is 0 Å². The number of carbonyl (C=O) groups is 1. The lowest BCUT2D eigenvalue weighted by Crippen LogP contribution is -2.49. The van der Waals surface area contributed by atoms with Crippen molar-refractivity contribution < 1.29 is 9.53 Å². The average Bonchev–Trinajstić information content (AvgIpc) is 2.12. The summed E-state index contributed by atoms with van der Waals surface area (Å²) < 4.78 is 5.30. The van der Waals surface area contributed by atoms with E-state index in [-0.39, 0.29) is 5.41 Å². The summed E-state index contributed by atoms with van der Waals surface area (Å²) in [6.07, 6.45) is 3.42. The quantitative estimate of drug-likeness (QED) is 0.678. The first kappa shape index (κ1) is 10.1. The van der Waals surface area contributed by atoms with Gasteiger partial charge in [-0.3, -0.25) is 9.69 Å². The maximum Gasteiger partial charge on any atom is 0.137 e. The Balaban J connectivity index is 1.90. The maximum absolute atomic E-state index is 11.6. The molecule has 2 aliphatic rings. The highest BCUT2D eigenvalue weighted by Crippen LogP contribution is 2.42. The normalized spacial score (nSPS) is 26.9. The first-order valence-electron chi connectivity index (χ1n) is 5.54. The summed E-state index contributed by atoms with van der Waals surface area (Å²) in [5, 5.41) is 0. The predicted molar refractivity (Wildman–Crippen MR) is 54.2 cm³/mol. The molecular weight excluding hydrogens is 178 g/mol. The zero-order valence-corrected chi connectivity index (χ0v) is 8.92. The molecule has 0 aromatic heterocycles. The van der Waals surface area contributed by atoms with E-state index in [0.29, 0.717) is 5.78 Å².